The van der Waals surface area contributed by atoms with Crippen molar-refractivity contribution in [2.75, 3.05) is 20.0 Å². The molecule has 4 N–H and O–H groups in total. The van der Waals surface area contributed by atoms with Gasteiger partial charge in [0.2, 0.25) is 6.79 Å². The van der Waals surface area contributed by atoms with Crippen LogP contribution in [0, 0.1) is 0 Å². The van der Waals surface area contributed by atoms with E-state index < -0.39 is 36.1 Å². The zero-order chi connectivity index (χ0) is 29.5. The van der Waals surface area contributed by atoms with Crippen molar-refractivity contribution in [2.24, 2.45) is 0 Å². The van der Waals surface area contributed by atoms with Gasteiger partial charge >= 0.3 is 24.0 Å². The first-order chi connectivity index (χ1) is 19.7. The normalized spacial score (nSPS) is 18.4. The van der Waals surface area contributed by atoms with Gasteiger partial charge in [-0.15, -0.1) is 0 Å². The van der Waals surface area contributed by atoms with Gasteiger partial charge < -0.3 is 40.2 Å². The van der Waals surface area contributed by atoms with Crippen LogP contribution in [0.4, 0.5) is 9.59 Å². The van der Waals surface area contributed by atoms with E-state index in [-0.39, 0.29) is 20.0 Å². The molecule has 0 aromatic heterocycles. The zero-order valence-electron chi connectivity index (χ0n) is 23.2. The Morgan fingerprint density at radius 3 is 1.37 bits per heavy atom. The standard InChI is InChI=1S/C29H32N4O8/c1-5-38-26(34)22-16(3)30-28(36)32-24(22)18-7-11-20(12-8-18)40-15-41-21-13-9-19(10-14-21)25-23(27(35)39-6-2)17(4)31-29(37)33-25/h7-14,24-25H,5-6,15H2,1-4H3,(H2,30,32,36)(H2,31,33,37). The highest BCUT2D eigenvalue weighted by molar-refractivity contribution is 5.95. The molecule has 2 aromatic carbocycles. The fourth-order valence-electron chi connectivity index (χ4n) is 4.53. The largest absolute Gasteiger partial charge is 0.463 e. The number of carbonyl (C=O) groups excluding carboxylic acids is 4. The molecule has 0 fully saturated rings. The van der Waals surface area contributed by atoms with Crippen LogP contribution in [0.5, 0.6) is 11.5 Å². The van der Waals surface area contributed by atoms with Crippen molar-refractivity contribution in [1.29, 1.82) is 0 Å². The van der Waals surface area contributed by atoms with Crippen molar-refractivity contribution in [3.63, 3.8) is 0 Å². The average Bonchev–Trinajstić information content (AvgIpc) is 2.93. The number of ether oxygens (including phenoxy) is 4. The molecule has 0 aliphatic carbocycles. The lowest BCUT2D eigenvalue weighted by Crippen LogP contribution is -2.45. The van der Waals surface area contributed by atoms with Gasteiger partial charge in [-0.3, -0.25) is 0 Å². The van der Waals surface area contributed by atoms with E-state index in [1.807, 2.05) is 0 Å². The molecule has 2 aliphatic rings. The molecule has 2 aromatic rings. The highest BCUT2D eigenvalue weighted by atomic mass is 16.7. The Balaban J connectivity index is 1.38. The van der Waals surface area contributed by atoms with E-state index >= 15 is 0 Å². The van der Waals surface area contributed by atoms with E-state index in [0.717, 1.165) is 0 Å². The molecule has 12 nitrogen and oxygen atoms in total. The topological polar surface area (TPSA) is 153 Å². The van der Waals surface area contributed by atoms with Crippen molar-refractivity contribution in [3.05, 3.63) is 82.2 Å². The second-order valence-electron chi connectivity index (χ2n) is 9.13. The molecule has 0 saturated carbocycles. The van der Waals surface area contributed by atoms with Gasteiger partial charge in [-0.05, 0) is 63.1 Å². The molecule has 2 unspecified atom stereocenters. The summed E-state index contributed by atoms with van der Waals surface area (Å²) in [5.74, 6) is 0.0170. The van der Waals surface area contributed by atoms with Crippen molar-refractivity contribution >= 4 is 24.0 Å². The minimum atomic E-state index is -0.667. The predicted molar refractivity (Wildman–Crippen MR) is 146 cm³/mol. The summed E-state index contributed by atoms with van der Waals surface area (Å²) in [5.41, 5.74) is 2.89. The molecule has 12 heteroatoms. The number of hydrogen-bond acceptors (Lipinski definition) is 8. The minimum Gasteiger partial charge on any atom is -0.463 e. The summed E-state index contributed by atoms with van der Waals surface area (Å²) in [6, 6.07) is 11.7. The third kappa shape index (κ3) is 6.78. The number of amides is 4. The van der Waals surface area contributed by atoms with Gasteiger partial charge in [-0.2, -0.15) is 0 Å². The number of hydrogen-bond donors (Lipinski definition) is 4. The van der Waals surface area contributed by atoms with E-state index in [4.69, 9.17) is 18.9 Å². The van der Waals surface area contributed by atoms with Crippen LogP contribution in [0.3, 0.4) is 0 Å². The lowest BCUT2D eigenvalue weighted by atomic mass is 9.95. The third-order valence-electron chi connectivity index (χ3n) is 6.41. The van der Waals surface area contributed by atoms with Crippen molar-refractivity contribution in [3.8, 4) is 11.5 Å². The quantitative estimate of drug-likeness (QED) is 0.253. The Kier molecular flexibility index (Phi) is 9.12. The Morgan fingerprint density at radius 2 is 1.02 bits per heavy atom. The number of nitrogens with one attached hydrogen (secondary N) is 4. The maximum Gasteiger partial charge on any atom is 0.338 e. The molecule has 4 rings (SSSR count). The van der Waals surface area contributed by atoms with Gasteiger partial charge in [0.15, 0.2) is 0 Å². The second kappa shape index (κ2) is 12.9. The number of benzene rings is 2. The Labute approximate surface area is 237 Å². The number of allylic oxidation sites excluding steroid dienone is 2. The number of esters is 2. The summed E-state index contributed by atoms with van der Waals surface area (Å²) in [7, 11) is 0. The van der Waals surface area contributed by atoms with Crippen LogP contribution < -0.4 is 30.7 Å². The van der Waals surface area contributed by atoms with Crippen LogP contribution in [0.1, 0.15) is 50.9 Å². The van der Waals surface area contributed by atoms with Crippen molar-refractivity contribution < 1.29 is 38.1 Å². The summed E-state index contributed by atoms with van der Waals surface area (Å²) < 4.78 is 21.7. The lowest BCUT2D eigenvalue weighted by molar-refractivity contribution is -0.140. The first kappa shape index (κ1) is 29.0. The summed E-state index contributed by atoms with van der Waals surface area (Å²) >= 11 is 0. The van der Waals surface area contributed by atoms with E-state index in [1.54, 1.807) is 76.2 Å². The smallest absolute Gasteiger partial charge is 0.338 e. The maximum absolute atomic E-state index is 12.5. The van der Waals surface area contributed by atoms with E-state index in [9.17, 15) is 19.2 Å². The maximum atomic E-state index is 12.5. The fourth-order valence-corrected chi connectivity index (χ4v) is 4.53. The summed E-state index contributed by atoms with van der Waals surface area (Å²) in [6.07, 6.45) is 0. The molecule has 2 heterocycles. The molecule has 4 amide bonds. The zero-order valence-corrected chi connectivity index (χ0v) is 23.2. The predicted octanol–water partition coefficient (Wildman–Crippen LogP) is 3.48. The molecular formula is C29H32N4O8. The summed E-state index contributed by atoms with van der Waals surface area (Å²) in [6.45, 7) is 7.07. The van der Waals surface area contributed by atoms with Crippen LogP contribution in [-0.2, 0) is 19.1 Å². The number of rotatable bonds is 10. The van der Waals surface area contributed by atoms with Crippen molar-refractivity contribution in [1.82, 2.24) is 21.3 Å². The van der Waals surface area contributed by atoms with Gasteiger partial charge in [0, 0.05) is 11.4 Å². The fraction of sp³-hybridized carbons (Fsp3) is 0.310. The van der Waals surface area contributed by atoms with E-state index in [0.29, 0.717) is 45.2 Å². The molecular weight excluding hydrogens is 532 g/mol. The molecule has 2 aliphatic heterocycles. The Morgan fingerprint density at radius 1 is 0.659 bits per heavy atom. The summed E-state index contributed by atoms with van der Waals surface area (Å²) in [5, 5.41) is 10.7. The molecule has 0 bridgehead atoms. The number of carbonyl (C=O) groups is 4. The van der Waals surface area contributed by atoms with Crippen LogP contribution >= 0.6 is 0 Å². The first-order valence-corrected chi connectivity index (χ1v) is 13.1. The molecule has 2 atom stereocenters. The second-order valence-corrected chi connectivity index (χ2v) is 9.13. The monoisotopic (exact) mass is 564 g/mol. The Bertz CT molecular complexity index is 1280. The highest BCUT2D eigenvalue weighted by Crippen LogP contribution is 2.30. The van der Waals surface area contributed by atoms with Gasteiger partial charge in [-0.1, -0.05) is 24.3 Å². The molecule has 0 radical (unpaired) electrons. The highest BCUT2D eigenvalue weighted by Gasteiger charge is 2.33. The first-order valence-electron chi connectivity index (χ1n) is 13.1. The molecule has 216 valence electrons. The van der Waals surface area contributed by atoms with Gasteiger partial charge in [0.05, 0.1) is 36.4 Å². The van der Waals surface area contributed by atoms with Crippen LogP contribution in [0.25, 0.3) is 0 Å². The van der Waals surface area contributed by atoms with Crippen molar-refractivity contribution in [2.45, 2.75) is 39.8 Å². The van der Waals surface area contributed by atoms with Crippen LogP contribution in [0.2, 0.25) is 0 Å². The third-order valence-corrected chi connectivity index (χ3v) is 6.41. The minimum absolute atomic E-state index is 0.0902. The SMILES string of the molecule is CCOC(=O)C1=C(C)NC(=O)NC1c1ccc(OCOc2ccc(C3NC(=O)NC(C)=C3C(=O)OCC)cc2)cc1. The van der Waals surface area contributed by atoms with Gasteiger partial charge in [-0.25, -0.2) is 19.2 Å². The molecule has 0 saturated heterocycles. The Hall–Kier alpha value is -5.00. The van der Waals surface area contributed by atoms with Crippen LogP contribution in [-0.4, -0.2) is 44.0 Å². The van der Waals surface area contributed by atoms with Gasteiger partial charge in [0.1, 0.15) is 11.5 Å². The van der Waals surface area contributed by atoms with E-state index in [1.165, 1.54) is 0 Å². The molecule has 41 heavy (non-hydrogen) atoms. The average molecular weight is 565 g/mol. The lowest BCUT2D eigenvalue weighted by Gasteiger charge is -2.28. The number of urea groups is 2. The van der Waals surface area contributed by atoms with Gasteiger partial charge in [0.25, 0.3) is 0 Å². The summed E-state index contributed by atoms with van der Waals surface area (Å²) in [4.78, 5) is 49.1. The molecule has 0 spiro atoms. The van der Waals surface area contributed by atoms with Crippen LogP contribution in [0.15, 0.2) is 71.1 Å². The van der Waals surface area contributed by atoms with E-state index in [2.05, 4.69) is 21.3 Å².